The molecule has 0 unspecified atom stereocenters. The number of hydrogen-bond donors (Lipinski definition) is 1. The van der Waals surface area contributed by atoms with Gasteiger partial charge in [0.1, 0.15) is 5.82 Å². The van der Waals surface area contributed by atoms with Crippen LogP contribution in [0.3, 0.4) is 0 Å². The third-order valence-corrected chi connectivity index (χ3v) is 4.32. The number of anilines is 2. The molecule has 2 N–H and O–H groups in total. The highest BCUT2D eigenvalue weighted by Gasteiger charge is 2.14. The van der Waals surface area contributed by atoms with E-state index in [-0.39, 0.29) is 5.82 Å². The molecule has 2 aromatic rings. The molecule has 0 spiro atoms. The van der Waals surface area contributed by atoms with Gasteiger partial charge in [0, 0.05) is 34.9 Å². The van der Waals surface area contributed by atoms with Gasteiger partial charge in [-0.25, -0.2) is 4.39 Å². The Balaban J connectivity index is 2.49. The summed E-state index contributed by atoms with van der Waals surface area (Å²) < 4.78 is 13.5. The Morgan fingerprint density at radius 3 is 2.52 bits per heavy atom. The zero-order valence-electron chi connectivity index (χ0n) is 12.5. The van der Waals surface area contributed by atoms with Gasteiger partial charge in [0.25, 0.3) is 0 Å². The van der Waals surface area contributed by atoms with Crippen LogP contribution in [-0.4, -0.2) is 12.3 Å². The van der Waals surface area contributed by atoms with Gasteiger partial charge in [-0.2, -0.15) is 0 Å². The van der Waals surface area contributed by atoms with Crippen molar-refractivity contribution in [3.05, 3.63) is 53.8 Å². The van der Waals surface area contributed by atoms with Crippen molar-refractivity contribution in [2.24, 2.45) is 5.73 Å². The lowest BCUT2D eigenvalue weighted by Crippen LogP contribution is -2.19. The van der Waals surface area contributed by atoms with Crippen molar-refractivity contribution in [2.75, 3.05) is 17.2 Å². The van der Waals surface area contributed by atoms with Crippen LogP contribution in [0.5, 0.6) is 0 Å². The summed E-state index contributed by atoms with van der Waals surface area (Å²) in [6.07, 6.45) is 0. The van der Waals surface area contributed by atoms with Crippen molar-refractivity contribution in [1.29, 1.82) is 0 Å². The molecular formula is C17H21FN2S. The third-order valence-electron chi connectivity index (χ3n) is 3.34. The van der Waals surface area contributed by atoms with Crippen molar-refractivity contribution < 1.29 is 4.39 Å². The molecular weight excluding hydrogens is 283 g/mol. The highest BCUT2D eigenvalue weighted by molar-refractivity contribution is 7.99. The Morgan fingerprint density at radius 2 is 1.90 bits per heavy atom. The molecule has 0 amide bonds. The second kappa shape index (κ2) is 7.48. The number of benzene rings is 2. The van der Waals surface area contributed by atoms with Gasteiger partial charge in [0.2, 0.25) is 0 Å². The first-order chi connectivity index (χ1) is 10.2. The fourth-order valence-corrected chi connectivity index (χ4v) is 3.29. The first-order valence-electron chi connectivity index (χ1n) is 7.19. The summed E-state index contributed by atoms with van der Waals surface area (Å²) in [7, 11) is 0. The summed E-state index contributed by atoms with van der Waals surface area (Å²) in [5.74, 6) is 0.780. The van der Waals surface area contributed by atoms with Crippen LogP contribution in [0.2, 0.25) is 0 Å². The molecule has 0 atom stereocenters. The molecule has 0 saturated carbocycles. The van der Waals surface area contributed by atoms with E-state index >= 15 is 0 Å². The van der Waals surface area contributed by atoms with Gasteiger partial charge in [0.15, 0.2) is 0 Å². The maximum absolute atomic E-state index is 13.5. The Bertz CT molecular complexity index is 601. The standard InChI is InChI=1S/C17H21FN2S/c1-3-20(14-8-5-7-13(18)11-14)16-9-6-10-17(21-4-2)15(16)12-19/h5-11H,3-4,12,19H2,1-2H3. The first kappa shape index (κ1) is 15.9. The average molecular weight is 304 g/mol. The Kier molecular flexibility index (Phi) is 5.65. The fraction of sp³-hybridized carbons (Fsp3) is 0.294. The third kappa shape index (κ3) is 3.57. The minimum absolute atomic E-state index is 0.223. The highest BCUT2D eigenvalue weighted by atomic mass is 32.2. The number of thioether (sulfide) groups is 1. The second-order valence-corrected chi connectivity index (χ2v) is 5.92. The molecule has 2 rings (SSSR count). The molecule has 0 aliphatic rings. The van der Waals surface area contributed by atoms with Crippen LogP contribution in [0.25, 0.3) is 0 Å². The summed E-state index contributed by atoms with van der Waals surface area (Å²) in [5.41, 5.74) is 9.00. The molecule has 0 heterocycles. The molecule has 0 aromatic heterocycles. The van der Waals surface area contributed by atoms with Crippen LogP contribution >= 0.6 is 11.8 Å². The lowest BCUT2D eigenvalue weighted by atomic mass is 10.1. The maximum atomic E-state index is 13.5. The molecule has 0 fully saturated rings. The Labute approximate surface area is 130 Å². The van der Waals surface area contributed by atoms with E-state index < -0.39 is 0 Å². The van der Waals surface area contributed by atoms with Crippen LogP contribution in [-0.2, 0) is 6.54 Å². The molecule has 2 nitrogen and oxygen atoms in total. The van der Waals surface area contributed by atoms with Gasteiger partial charge < -0.3 is 10.6 Å². The zero-order valence-corrected chi connectivity index (χ0v) is 13.3. The van der Waals surface area contributed by atoms with Gasteiger partial charge in [-0.1, -0.05) is 19.1 Å². The van der Waals surface area contributed by atoms with Gasteiger partial charge in [-0.05, 0) is 43.0 Å². The van der Waals surface area contributed by atoms with E-state index in [0.29, 0.717) is 6.54 Å². The topological polar surface area (TPSA) is 29.3 Å². The van der Waals surface area contributed by atoms with Crippen molar-refractivity contribution >= 4 is 23.1 Å². The summed E-state index contributed by atoms with van der Waals surface area (Å²) >= 11 is 1.79. The largest absolute Gasteiger partial charge is 0.341 e. The minimum atomic E-state index is -0.223. The lowest BCUT2D eigenvalue weighted by Gasteiger charge is -2.27. The molecule has 0 saturated heterocycles. The van der Waals surface area contributed by atoms with E-state index in [1.54, 1.807) is 23.9 Å². The van der Waals surface area contributed by atoms with E-state index in [1.165, 1.54) is 11.0 Å². The van der Waals surface area contributed by atoms with Crippen LogP contribution in [0.4, 0.5) is 15.8 Å². The SMILES string of the molecule is CCSc1cccc(N(CC)c2cccc(F)c2)c1CN. The molecule has 0 radical (unpaired) electrons. The Morgan fingerprint density at radius 1 is 1.14 bits per heavy atom. The molecule has 0 aliphatic carbocycles. The molecule has 2 aromatic carbocycles. The van der Waals surface area contributed by atoms with Gasteiger partial charge in [-0.3, -0.25) is 0 Å². The fourth-order valence-electron chi connectivity index (χ4n) is 2.44. The second-order valence-electron chi connectivity index (χ2n) is 4.62. The molecule has 112 valence electrons. The number of rotatable bonds is 6. The highest BCUT2D eigenvalue weighted by Crippen LogP contribution is 2.34. The quantitative estimate of drug-likeness (QED) is 0.794. The number of nitrogens with two attached hydrogens (primary N) is 1. The van der Waals surface area contributed by atoms with Gasteiger partial charge in [0.05, 0.1) is 0 Å². The zero-order chi connectivity index (χ0) is 15.2. The lowest BCUT2D eigenvalue weighted by molar-refractivity contribution is 0.627. The predicted molar refractivity (Wildman–Crippen MR) is 89.8 cm³/mol. The Hall–Kier alpha value is -1.52. The van der Waals surface area contributed by atoms with E-state index in [0.717, 1.165) is 29.2 Å². The normalized spacial score (nSPS) is 10.7. The minimum Gasteiger partial charge on any atom is -0.341 e. The van der Waals surface area contributed by atoms with Crippen LogP contribution < -0.4 is 10.6 Å². The molecule has 4 heteroatoms. The number of nitrogens with zero attached hydrogens (tertiary/aromatic N) is 1. The summed E-state index contributed by atoms with van der Waals surface area (Å²) in [6, 6.07) is 12.9. The first-order valence-corrected chi connectivity index (χ1v) is 8.17. The molecule has 21 heavy (non-hydrogen) atoms. The smallest absolute Gasteiger partial charge is 0.125 e. The summed E-state index contributed by atoms with van der Waals surface area (Å²) in [6.45, 7) is 5.42. The van der Waals surface area contributed by atoms with E-state index in [9.17, 15) is 4.39 Å². The summed E-state index contributed by atoms with van der Waals surface area (Å²) in [4.78, 5) is 3.30. The van der Waals surface area contributed by atoms with Crippen molar-refractivity contribution in [1.82, 2.24) is 0 Å². The number of halogens is 1. The van der Waals surface area contributed by atoms with Crippen LogP contribution in [0.15, 0.2) is 47.4 Å². The summed E-state index contributed by atoms with van der Waals surface area (Å²) in [5, 5.41) is 0. The maximum Gasteiger partial charge on any atom is 0.125 e. The number of hydrogen-bond acceptors (Lipinski definition) is 3. The van der Waals surface area contributed by atoms with E-state index in [1.807, 2.05) is 12.1 Å². The van der Waals surface area contributed by atoms with Gasteiger partial charge >= 0.3 is 0 Å². The van der Waals surface area contributed by atoms with Crippen LogP contribution in [0.1, 0.15) is 19.4 Å². The van der Waals surface area contributed by atoms with Crippen molar-refractivity contribution in [3.63, 3.8) is 0 Å². The van der Waals surface area contributed by atoms with E-state index in [4.69, 9.17) is 5.73 Å². The van der Waals surface area contributed by atoms with Crippen LogP contribution in [0, 0.1) is 5.82 Å². The van der Waals surface area contributed by atoms with Crippen molar-refractivity contribution in [2.45, 2.75) is 25.3 Å². The predicted octanol–water partition coefficient (Wildman–Crippen LogP) is 4.55. The van der Waals surface area contributed by atoms with Crippen molar-refractivity contribution in [3.8, 4) is 0 Å². The van der Waals surface area contributed by atoms with Gasteiger partial charge in [-0.15, -0.1) is 11.8 Å². The monoisotopic (exact) mass is 304 g/mol. The molecule has 0 bridgehead atoms. The average Bonchev–Trinajstić information content (AvgIpc) is 2.49. The van der Waals surface area contributed by atoms with E-state index in [2.05, 4.69) is 30.9 Å². The molecule has 0 aliphatic heterocycles.